The van der Waals surface area contributed by atoms with Crippen molar-refractivity contribution in [2.45, 2.75) is 59.2 Å². The van der Waals surface area contributed by atoms with E-state index in [-0.39, 0.29) is 17.2 Å². The van der Waals surface area contributed by atoms with Crippen LogP contribution in [0.25, 0.3) is 0 Å². The topological polar surface area (TPSA) is 55.6 Å². The van der Waals surface area contributed by atoms with Crippen molar-refractivity contribution >= 4 is 11.5 Å². The molecule has 3 fully saturated rings. The second-order valence-corrected chi connectivity index (χ2v) is 8.79. The Morgan fingerprint density at radius 1 is 1.41 bits per heavy atom. The zero-order valence-corrected chi connectivity index (χ0v) is 18.0. The summed E-state index contributed by atoms with van der Waals surface area (Å²) >= 11 is 0. The molecule has 2 saturated carbocycles. The van der Waals surface area contributed by atoms with Gasteiger partial charge in [-0.1, -0.05) is 13.0 Å². The number of ether oxygens (including phenoxy) is 1. The molecule has 3 aliphatic rings. The Hall–Kier alpha value is -1.95. The molecule has 1 aromatic carbocycles. The number of nitrogens with two attached hydrogens (primary N) is 1. The summed E-state index contributed by atoms with van der Waals surface area (Å²) in [7, 11) is 1.52. The first-order chi connectivity index (χ1) is 13.6. The van der Waals surface area contributed by atoms with Crippen LogP contribution in [0, 0.1) is 24.1 Å². The average molecular weight is 407 g/mol. The summed E-state index contributed by atoms with van der Waals surface area (Å²) in [5.41, 5.74) is 8.44. The summed E-state index contributed by atoms with van der Waals surface area (Å²) in [5, 5.41) is 0. The van der Waals surface area contributed by atoms with Crippen molar-refractivity contribution in [3.63, 3.8) is 0 Å². The van der Waals surface area contributed by atoms with E-state index in [1.807, 2.05) is 11.8 Å². The summed E-state index contributed by atoms with van der Waals surface area (Å²) in [6, 6.07) is 1.40. The highest BCUT2D eigenvalue weighted by molar-refractivity contribution is 6.10. The molecule has 3 unspecified atom stereocenters. The molecule has 4 nitrogen and oxygen atoms in total. The minimum absolute atomic E-state index is 0.0634. The molecule has 1 aliphatic heterocycles. The van der Waals surface area contributed by atoms with Gasteiger partial charge in [0, 0.05) is 35.7 Å². The van der Waals surface area contributed by atoms with Crippen molar-refractivity contribution in [3.05, 3.63) is 34.7 Å². The summed E-state index contributed by atoms with van der Waals surface area (Å²) in [6.07, 6.45) is 4.29. The Morgan fingerprint density at radius 3 is 2.41 bits per heavy atom. The number of methoxy groups -OCH3 is 1. The number of nitrogens with zero attached hydrogens (tertiary/aromatic N) is 1. The lowest BCUT2D eigenvalue weighted by atomic mass is 9.97. The van der Waals surface area contributed by atoms with E-state index in [0.717, 1.165) is 25.8 Å². The van der Waals surface area contributed by atoms with E-state index < -0.39 is 12.0 Å². The van der Waals surface area contributed by atoms with Gasteiger partial charge in [-0.2, -0.15) is 0 Å². The van der Waals surface area contributed by atoms with E-state index in [4.69, 9.17) is 10.5 Å². The van der Waals surface area contributed by atoms with Crippen molar-refractivity contribution < 1.29 is 18.3 Å². The molecule has 4 rings (SSSR count). The molecule has 1 spiro atoms. The molecule has 3 atom stereocenters. The Balaban J connectivity index is 0.000000419. The van der Waals surface area contributed by atoms with Crippen molar-refractivity contribution in [1.82, 2.24) is 0 Å². The normalized spacial score (nSPS) is 26.8. The minimum Gasteiger partial charge on any atom is -0.494 e. The lowest BCUT2D eigenvalue weighted by Crippen LogP contribution is -2.30. The number of Topliss-reactive ketones (excluding diaryl/α,β-unsaturated/α-hetero) is 1. The van der Waals surface area contributed by atoms with E-state index in [9.17, 15) is 13.6 Å². The molecule has 1 saturated heterocycles. The van der Waals surface area contributed by atoms with Crippen molar-refractivity contribution in [2.75, 3.05) is 25.1 Å². The molecule has 2 N–H and O–H groups in total. The molecule has 0 aromatic heterocycles. The van der Waals surface area contributed by atoms with Crippen LogP contribution in [0.2, 0.25) is 0 Å². The van der Waals surface area contributed by atoms with Gasteiger partial charge in [-0.15, -0.1) is 0 Å². The van der Waals surface area contributed by atoms with Crippen LogP contribution < -0.4 is 15.4 Å². The molecule has 0 bridgehead atoms. The highest BCUT2D eigenvalue weighted by Gasteiger charge is 2.54. The molecule has 1 aromatic rings. The Labute approximate surface area is 172 Å². The molecule has 0 radical (unpaired) electrons. The summed E-state index contributed by atoms with van der Waals surface area (Å²) in [5.74, 6) is 0.229. The van der Waals surface area contributed by atoms with Gasteiger partial charge in [0.1, 0.15) is 17.6 Å². The number of benzene rings is 1. The second-order valence-electron chi connectivity index (χ2n) is 8.79. The Morgan fingerprint density at radius 2 is 2.00 bits per heavy atom. The third-order valence-electron chi connectivity index (χ3n) is 6.63. The standard InChI is InChI=1S/C19H25FN2O2.C4H7F/c1-5-11(2)17(23)13-8-14(20)16(18(24-4)12(13)3)22-9-15(21)19(10-22)6-7-19;1-3-2-4(3)5/h5,8,15H,6-7,9-10,21H2,1-4H3;3-4H,2H2,1H3/b11-5-;. The second kappa shape index (κ2) is 8.05. The predicted octanol–water partition coefficient (Wildman–Crippen LogP) is 4.58. The SMILES string of the molecule is C/C=C(/C)C(=O)c1cc(F)c(N2CC(N)C3(CC3)C2)c(OC)c1C.CC1CC1F. The van der Waals surface area contributed by atoms with Gasteiger partial charge in [0.2, 0.25) is 0 Å². The van der Waals surface area contributed by atoms with Gasteiger partial charge in [0.15, 0.2) is 11.6 Å². The molecule has 29 heavy (non-hydrogen) atoms. The van der Waals surface area contributed by atoms with E-state index in [1.165, 1.54) is 13.2 Å². The monoisotopic (exact) mass is 406 g/mol. The summed E-state index contributed by atoms with van der Waals surface area (Å²) in [4.78, 5) is 14.5. The number of halogens is 2. The summed E-state index contributed by atoms with van der Waals surface area (Å²) < 4.78 is 31.9. The molecule has 2 aliphatic carbocycles. The maximum Gasteiger partial charge on any atom is 0.188 e. The summed E-state index contributed by atoms with van der Waals surface area (Å²) in [6.45, 7) is 8.63. The number of allylic oxidation sites excluding steroid dienone is 2. The van der Waals surface area contributed by atoms with Crippen LogP contribution in [-0.4, -0.2) is 38.2 Å². The first-order valence-electron chi connectivity index (χ1n) is 10.3. The highest BCUT2D eigenvalue weighted by Crippen LogP contribution is 2.54. The van der Waals surface area contributed by atoms with Crippen LogP contribution in [0.15, 0.2) is 17.7 Å². The highest BCUT2D eigenvalue weighted by atomic mass is 19.1. The van der Waals surface area contributed by atoms with Crippen LogP contribution >= 0.6 is 0 Å². The molecule has 1 heterocycles. The van der Waals surface area contributed by atoms with Gasteiger partial charge in [0.05, 0.1) is 7.11 Å². The zero-order valence-electron chi connectivity index (χ0n) is 18.0. The van der Waals surface area contributed by atoms with Gasteiger partial charge in [-0.3, -0.25) is 4.79 Å². The smallest absolute Gasteiger partial charge is 0.188 e. The maximum atomic E-state index is 14.9. The van der Waals surface area contributed by atoms with Crippen LogP contribution in [0.5, 0.6) is 5.75 Å². The average Bonchev–Trinajstić information content (AvgIpc) is 3.57. The molecule has 0 amide bonds. The zero-order chi connectivity index (χ0) is 21.5. The lowest BCUT2D eigenvalue weighted by molar-refractivity contribution is 0.103. The first-order valence-corrected chi connectivity index (χ1v) is 10.3. The number of hydrogen-bond donors (Lipinski definition) is 1. The van der Waals surface area contributed by atoms with E-state index in [0.29, 0.717) is 40.6 Å². The fourth-order valence-electron chi connectivity index (χ4n) is 3.96. The number of ketones is 1. The van der Waals surface area contributed by atoms with Gasteiger partial charge >= 0.3 is 0 Å². The van der Waals surface area contributed by atoms with Gasteiger partial charge in [0.25, 0.3) is 0 Å². The van der Waals surface area contributed by atoms with E-state index in [1.54, 1.807) is 26.8 Å². The van der Waals surface area contributed by atoms with E-state index in [2.05, 4.69) is 0 Å². The number of rotatable bonds is 4. The van der Waals surface area contributed by atoms with Crippen molar-refractivity contribution in [1.29, 1.82) is 0 Å². The first kappa shape index (κ1) is 21.8. The number of carbonyl (C=O) groups excluding carboxylic acids is 1. The van der Waals surface area contributed by atoms with Gasteiger partial charge in [-0.25, -0.2) is 8.78 Å². The molecule has 6 heteroatoms. The fourth-order valence-corrected chi connectivity index (χ4v) is 3.96. The Bertz CT molecular complexity index is 827. The minimum atomic E-state index is -0.449. The largest absolute Gasteiger partial charge is 0.494 e. The van der Waals surface area contributed by atoms with Crippen LogP contribution in [0.3, 0.4) is 0 Å². The maximum absolute atomic E-state index is 14.9. The van der Waals surface area contributed by atoms with Crippen LogP contribution in [0.1, 0.15) is 56.0 Å². The predicted molar refractivity (Wildman–Crippen MR) is 112 cm³/mol. The molecular weight excluding hydrogens is 374 g/mol. The van der Waals surface area contributed by atoms with Crippen LogP contribution in [-0.2, 0) is 0 Å². The van der Waals surface area contributed by atoms with E-state index >= 15 is 0 Å². The van der Waals surface area contributed by atoms with Crippen molar-refractivity contribution in [3.8, 4) is 5.75 Å². The number of carbonyl (C=O) groups is 1. The van der Waals surface area contributed by atoms with Crippen molar-refractivity contribution in [2.24, 2.45) is 17.1 Å². The van der Waals surface area contributed by atoms with Gasteiger partial charge in [-0.05, 0) is 57.6 Å². The molecular formula is C23H32F2N2O2. The molecule has 160 valence electrons. The van der Waals surface area contributed by atoms with Gasteiger partial charge < -0.3 is 15.4 Å². The quantitative estimate of drug-likeness (QED) is 0.587. The number of anilines is 1. The fraction of sp³-hybridized carbons (Fsp3) is 0.609. The number of hydrogen-bond acceptors (Lipinski definition) is 4. The third-order valence-corrected chi connectivity index (χ3v) is 6.63. The lowest BCUT2D eigenvalue weighted by Gasteiger charge is -2.24. The van der Waals surface area contributed by atoms with Crippen LogP contribution in [0.4, 0.5) is 14.5 Å². The number of alkyl halides is 1. The third kappa shape index (κ3) is 4.18. The Kier molecular flexibility index (Phi) is 6.04.